The van der Waals surface area contributed by atoms with Gasteiger partial charge in [0.25, 0.3) is 0 Å². The lowest BCUT2D eigenvalue weighted by molar-refractivity contribution is -0.0513. The van der Waals surface area contributed by atoms with E-state index in [1.54, 1.807) is 24.3 Å². The molecule has 0 aromatic heterocycles. The van der Waals surface area contributed by atoms with Gasteiger partial charge in [-0.15, -0.1) is 0 Å². The SMILES string of the molecule is COc1cccc(C=CCNC(C)C)c1OC(F)F. The molecule has 0 fully saturated rings. The first-order valence-corrected chi connectivity index (χ1v) is 6.06. The Kier molecular flexibility index (Phi) is 6.29. The van der Waals surface area contributed by atoms with Crippen molar-refractivity contribution in [3.05, 3.63) is 29.8 Å². The molecule has 0 spiro atoms. The average molecular weight is 271 g/mol. The van der Waals surface area contributed by atoms with Crippen LogP contribution < -0.4 is 14.8 Å². The van der Waals surface area contributed by atoms with Crippen molar-refractivity contribution in [2.45, 2.75) is 26.5 Å². The number of benzene rings is 1. The Bertz CT molecular complexity index is 420. The maximum atomic E-state index is 12.4. The van der Waals surface area contributed by atoms with Crippen LogP contribution >= 0.6 is 0 Å². The molecule has 0 radical (unpaired) electrons. The van der Waals surface area contributed by atoms with Crippen LogP contribution in [0.25, 0.3) is 6.08 Å². The molecule has 106 valence electrons. The van der Waals surface area contributed by atoms with E-state index in [1.165, 1.54) is 7.11 Å². The van der Waals surface area contributed by atoms with Crippen molar-refractivity contribution in [2.24, 2.45) is 0 Å². The molecule has 3 nitrogen and oxygen atoms in total. The van der Waals surface area contributed by atoms with Gasteiger partial charge in [0.15, 0.2) is 11.5 Å². The van der Waals surface area contributed by atoms with Gasteiger partial charge in [0, 0.05) is 18.2 Å². The molecule has 1 aromatic rings. The Morgan fingerprint density at radius 2 is 2.05 bits per heavy atom. The van der Waals surface area contributed by atoms with Gasteiger partial charge in [-0.25, -0.2) is 0 Å². The lowest BCUT2D eigenvalue weighted by Crippen LogP contribution is -2.22. The molecule has 0 amide bonds. The Balaban J connectivity index is 2.86. The second-order valence-electron chi connectivity index (χ2n) is 4.22. The second-order valence-corrected chi connectivity index (χ2v) is 4.22. The summed E-state index contributed by atoms with van der Waals surface area (Å²) in [5.74, 6) is 0.347. The summed E-state index contributed by atoms with van der Waals surface area (Å²) in [5.41, 5.74) is 0.560. The molecule has 0 bridgehead atoms. The zero-order chi connectivity index (χ0) is 14.3. The number of halogens is 2. The van der Waals surface area contributed by atoms with Crippen LogP contribution in [0.4, 0.5) is 8.78 Å². The number of hydrogen-bond acceptors (Lipinski definition) is 3. The monoisotopic (exact) mass is 271 g/mol. The van der Waals surface area contributed by atoms with E-state index < -0.39 is 6.61 Å². The maximum absolute atomic E-state index is 12.4. The molecular formula is C14H19F2NO2. The van der Waals surface area contributed by atoms with Gasteiger partial charge >= 0.3 is 6.61 Å². The number of para-hydroxylation sites is 1. The molecule has 0 unspecified atom stereocenters. The van der Waals surface area contributed by atoms with Crippen molar-refractivity contribution in [3.63, 3.8) is 0 Å². The summed E-state index contributed by atoms with van der Waals surface area (Å²) in [5, 5.41) is 3.20. The van der Waals surface area contributed by atoms with E-state index >= 15 is 0 Å². The predicted molar refractivity (Wildman–Crippen MR) is 71.8 cm³/mol. The van der Waals surface area contributed by atoms with E-state index in [0.717, 1.165) is 0 Å². The first-order valence-electron chi connectivity index (χ1n) is 6.06. The van der Waals surface area contributed by atoms with Crippen LogP contribution in [0.3, 0.4) is 0 Å². The summed E-state index contributed by atoms with van der Waals surface area (Å²) in [4.78, 5) is 0. The largest absolute Gasteiger partial charge is 0.493 e. The molecule has 0 aliphatic heterocycles. The van der Waals surface area contributed by atoms with E-state index in [4.69, 9.17) is 4.74 Å². The minimum Gasteiger partial charge on any atom is -0.493 e. The van der Waals surface area contributed by atoms with E-state index in [2.05, 4.69) is 10.1 Å². The molecule has 0 aliphatic rings. The van der Waals surface area contributed by atoms with Crippen LogP contribution in [0.15, 0.2) is 24.3 Å². The van der Waals surface area contributed by atoms with Crippen LogP contribution in [-0.4, -0.2) is 26.3 Å². The molecule has 0 saturated carbocycles. The molecular weight excluding hydrogens is 252 g/mol. The normalized spacial score (nSPS) is 11.5. The number of nitrogens with one attached hydrogen (secondary N) is 1. The summed E-state index contributed by atoms with van der Waals surface area (Å²) in [6.45, 7) is 1.84. The van der Waals surface area contributed by atoms with Crippen LogP contribution in [0, 0.1) is 0 Å². The highest BCUT2D eigenvalue weighted by atomic mass is 19.3. The molecule has 1 aromatic carbocycles. The molecule has 1 rings (SSSR count). The molecule has 5 heteroatoms. The number of rotatable bonds is 7. The fraction of sp³-hybridized carbons (Fsp3) is 0.429. The average Bonchev–Trinajstić information content (AvgIpc) is 2.35. The van der Waals surface area contributed by atoms with E-state index in [9.17, 15) is 8.78 Å². The molecule has 1 N–H and O–H groups in total. The number of ether oxygens (including phenoxy) is 2. The number of methoxy groups -OCH3 is 1. The summed E-state index contributed by atoms with van der Waals surface area (Å²) >= 11 is 0. The van der Waals surface area contributed by atoms with Gasteiger partial charge in [-0.1, -0.05) is 38.1 Å². The third-order valence-corrected chi connectivity index (χ3v) is 2.38. The van der Waals surface area contributed by atoms with Gasteiger partial charge in [0.1, 0.15) is 0 Å². The third-order valence-electron chi connectivity index (χ3n) is 2.38. The zero-order valence-electron chi connectivity index (χ0n) is 11.3. The fourth-order valence-electron chi connectivity index (χ4n) is 1.53. The predicted octanol–water partition coefficient (Wildman–Crippen LogP) is 3.31. The minimum atomic E-state index is -2.88. The topological polar surface area (TPSA) is 30.5 Å². The molecule has 19 heavy (non-hydrogen) atoms. The lowest BCUT2D eigenvalue weighted by Gasteiger charge is -2.12. The zero-order valence-corrected chi connectivity index (χ0v) is 11.3. The first-order chi connectivity index (χ1) is 9.04. The van der Waals surface area contributed by atoms with Crippen LogP contribution in [0.2, 0.25) is 0 Å². The smallest absolute Gasteiger partial charge is 0.387 e. The minimum absolute atomic E-state index is 0.0563. The standard InChI is InChI=1S/C14H19F2NO2/c1-10(2)17-9-5-7-11-6-4-8-12(18-3)13(11)19-14(15)16/h4-8,10,14,17H,9H2,1-3H3. The van der Waals surface area contributed by atoms with Crippen LogP contribution in [-0.2, 0) is 0 Å². The van der Waals surface area contributed by atoms with Gasteiger partial charge in [0.05, 0.1) is 7.11 Å². The van der Waals surface area contributed by atoms with Gasteiger partial charge in [-0.05, 0) is 6.07 Å². The highest BCUT2D eigenvalue weighted by Gasteiger charge is 2.13. The molecule has 0 atom stereocenters. The van der Waals surface area contributed by atoms with Gasteiger partial charge in [-0.2, -0.15) is 8.78 Å². The van der Waals surface area contributed by atoms with Gasteiger partial charge < -0.3 is 14.8 Å². The lowest BCUT2D eigenvalue weighted by atomic mass is 10.1. The third kappa shape index (κ3) is 5.26. The summed E-state index contributed by atoms with van der Waals surface area (Å²) in [6.07, 6.45) is 3.59. The maximum Gasteiger partial charge on any atom is 0.387 e. The van der Waals surface area contributed by atoms with Crippen LogP contribution in [0.5, 0.6) is 11.5 Å². The summed E-state index contributed by atoms with van der Waals surface area (Å²) in [7, 11) is 1.42. The summed E-state index contributed by atoms with van der Waals surface area (Å²) in [6, 6.07) is 5.38. The Morgan fingerprint density at radius 3 is 2.63 bits per heavy atom. The number of hydrogen-bond donors (Lipinski definition) is 1. The quantitative estimate of drug-likeness (QED) is 0.825. The van der Waals surface area contributed by atoms with Crippen molar-refractivity contribution in [3.8, 4) is 11.5 Å². The summed E-state index contributed by atoms with van der Waals surface area (Å²) < 4.78 is 34.3. The van der Waals surface area contributed by atoms with E-state index in [-0.39, 0.29) is 5.75 Å². The van der Waals surface area contributed by atoms with Gasteiger partial charge in [-0.3, -0.25) is 0 Å². The van der Waals surface area contributed by atoms with Crippen molar-refractivity contribution >= 4 is 6.08 Å². The highest BCUT2D eigenvalue weighted by Crippen LogP contribution is 2.33. The Labute approximate surface area is 112 Å². The van der Waals surface area contributed by atoms with Crippen molar-refractivity contribution in [1.82, 2.24) is 5.32 Å². The fourth-order valence-corrected chi connectivity index (χ4v) is 1.53. The Morgan fingerprint density at radius 1 is 1.32 bits per heavy atom. The highest BCUT2D eigenvalue weighted by molar-refractivity contribution is 5.62. The van der Waals surface area contributed by atoms with Crippen molar-refractivity contribution < 1.29 is 18.3 Å². The van der Waals surface area contributed by atoms with E-state index in [0.29, 0.717) is 23.9 Å². The van der Waals surface area contributed by atoms with Gasteiger partial charge in [0.2, 0.25) is 0 Å². The Hall–Kier alpha value is -1.62. The first kappa shape index (κ1) is 15.4. The van der Waals surface area contributed by atoms with Crippen molar-refractivity contribution in [2.75, 3.05) is 13.7 Å². The molecule has 0 aliphatic carbocycles. The molecule has 0 heterocycles. The second kappa shape index (κ2) is 7.74. The van der Waals surface area contributed by atoms with E-state index in [1.807, 2.05) is 19.9 Å². The molecule has 0 saturated heterocycles. The van der Waals surface area contributed by atoms with Crippen LogP contribution in [0.1, 0.15) is 19.4 Å². The number of alkyl halides is 2. The van der Waals surface area contributed by atoms with Crippen molar-refractivity contribution in [1.29, 1.82) is 0 Å².